The van der Waals surface area contributed by atoms with E-state index in [1.54, 1.807) is 11.8 Å². The molecule has 0 N–H and O–H groups in total. The summed E-state index contributed by atoms with van der Waals surface area (Å²) >= 11 is 7.66. The maximum absolute atomic E-state index is 11.3. The Bertz CT molecular complexity index is 596. The van der Waals surface area contributed by atoms with Crippen LogP contribution in [0.4, 0.5) is 0 Å². The van der Waals surface area contributed by atoms with E-state index in [1.807, 2.05) is 36.6 Å². The fraction of sp³-hybridized carbons (Fsp3) is 0.214. The lowest BCUT2D eigenvalue weighted by Crippen LogP contribution is -2.04. The molecule has 0 saturated heterocycles. The van der Waals surface area contributed by atoms with Crippen LogP contribution >= 0.6 is 23.4 Å². The van der Waals surface area contributed by atoms with E-state index in [1.165, 1.54) is 7.11 Å². The molecule has 0 radical (unpaired) electrons. The van der Waals surface area contributed by atoms with Gasteiger partial charge in [-0.3, -0.25) is 4.79 Å². The normalized spacial score (nSPS) is 10.6. The molecule has 0 fully saturated rings. The summed E-state index contributed by atoms with van der Waals surface area (Å²) in [6.07, 6.45) is 2.31. The SMILES string of the molecule is COC(=O)Cc1cc(SC)c2cc(Cl)ccc2c1. The number of halogens is 1. The zero-order valence-corrected chi connectivity index (χ0v) is 11.8. The van der Waals surface area contributed by atoms with Gasteiger partial charge in [-0.05, 0) is 40.8 Å². The van der Waals surface area contributed by atoms with Crippen LogP contribution in [-0.4, -0.2) is 19.3 Å². The van der Waals surface area contributed by atoms with Gasteiger partial charge in [-0.25, -0.2) is 0 Å². The predicted octanol–water partition coefficient (Wildman–Crippen LogP) is 3.93. The number of hydrogen-bond acceptors (Lipinski definition) is 3. The highest BCUT2D eigenvalue weighted by molar-refractivity contribution is 7.98. The molecule has 18 heavy (non-hydrogen) atoms. The quantitative estimate of drug-likeness (QED) is 0.629. The Morgan fingerprint density at radius 3 is 2.78 bits per heavy atom. The molecular formula is C14H13ClO2S. The minimum atomic E-state index is -0.227. The Kier molecular flexibility index (Phi) is 4.15. The predicted molar refractivity (Wildman–Crippen MR) is 76.5 cm³/mol. The highest BCUT2D eigenvalue weighted by atomic mass is 35.5. The number of thioether (sulfide) groups is 1. The molecule has 4 heteroatoms. The number of rotatable bonds is 3. The van der Waals surface area contributed by atoms with Crippen molar-refractivity contribution >= 4 is 40.1 Å². The van der Waals surface area contributed by atoms with Gasteiger partial charge < -0.3 is 4.74 Å². The van der Waals surface area contributed by atoms with Gasteiger partial charge in [0.2, 0.25) is 0 Å². The molecule has 94 valence electrons. The minimum Gasteiger partial charge on any atom is -0.469 e. The molecule has 2 rings (SSSR count). The summed E-state index contributed by atoms with van der Waals surface area (Å²) in [6.45, 7) is 0. The Morgan fingerprint density at radius 2 is 2.11 bits per heavy atom. The fourth-order valence-corrected chi connectivity index (χ4v) is 2.70. The molecular weight excluding hydrogens is 268 g/mol. The molecule has 0 aliphatic heterocycles. The summed E-state index contributed by atoms with van der Waals surface area (Å²) in [4.78, 5) is 12.4. The van der Waals surface area contributed by atoms with Gasteiger partial charge in [-0.1, -0.05) is 23.7 Å². The highest BCUT2D eigenvalue weighted by Gasteiger charge is 2.08. The number of esters is 1. The van der Waals surface area contributed by atoms with Crippen LogP contribution in [0, 0.1) is 0 Å². The maximum Gasteiger partial charge on any atom is 0.309 e. The number of benzene rings is 2. The molecule has 0 atom stereocenters. The van der Waals surface area contributed by atoms with Gasteiger partial charge in [0.05, 0.1) is 13.5 Å². The standard InChI is InChI=1S/C14H13ClO2S/c1-17-14(16)7-9-5-10-3-4-11(15)8-12(10)13(6-9)18-2/h3-6,8H,7H2,1-2H3. The summed E-state index contributed by atoms with van der Waals surface area (Å²) in [5.41, 5.74) is 0.959. The van der Waals surface area contributed by atoms with Crippen LogP contribution in [0.25, 0.3) is 10.8 Å². The molecule has 0 unspecified atom stereocenters. The number of ether oxygens (including phenoxy) is 1. The molecule has 0 amide bonds. The average molecular weight is 281 g/mol. The van der Waals surface area contributed by atoms with Gasteiger partial charge >= 0.3 is 5.97 Å². The van der Waals surface area contributed by atoms with Gasteiger partial charge in [0, 0.05) is 9.92 Å². The summed E-state index contributed by atoms with van der Waals surface area (Å²) in [5.74, 6) is -0.227. The largest absolute Gasteiger partial charge is 0.469 e. The fourth-order valence-electron chi connectivity index (χ4n) is 1.87. The number of carbonyl (C=O) groups is 1. The van der Waals surface area contributed by atoms with E-state index >= 15 is 0 Å². The van der Waals surface area contributed by atoms with Crippen LogP contribution < -0.4 is 0 Å². The van der Waals surface area contributed by atoms with Crippen molar-refractivity contribution in [2.75, 3.05) is 13.4 Å². The monoisotopic (exact) mass is 280 g/mol. The lowest BCUT2D eigenvalue weighted by molar-refractivity contribution is -0.139. The summed E-state index contributed by atoms with van der Waals surface area (Å²) in [7, 11) is 1.40. The molecule has 2 nitrogen and oxygen atoms in total. The smallest absolute Gasteiger partial charge is 0.309 e. The Morgan fingerprint density at radius 1 is 1.33 bits per heavy atom. The van der Waals surface area contributed by atoms with Gasteiger partial charge in [-0.2, -0.15) is 0 Å². The molecule has 0 aliphatic carbocycles. The van der Waals surface area contributed by atoms with Crippen LogP contribution in [0.15, 0.2) is 35.2 Å². The molecule has 0 heterocycles. The second-order valence-electron chi connectivity index (χ2n) is 3.92. The lowest BCUT2D eigenvalue weighted by atomic mass is 10.1. The van der Waals surface area contributed by atoms with Crippen molar-refractivity contribution in [2.24, 2.45) is 0 Å². The van der Waals surface area contributed by atoms with Crippen LogP contribution in [0.2, 0.25) is 5.02 Å². The zero-order chi connectivity index (χ0) is 13.1. The van der Waals surface area contributed by atoms with E-state index < -0.39 is 0 Å². The number of fused-ring (bicyclic) bond motifs is 1. The third kappa shape index (κ3) is 2.79. The van der Waals surface area contributed by atoms with Crippen molar-refractivity contribution in [3.63, 3.8) is 0 Å². The van der Waals surface area contributed by atoms with Crippen LogP contribution in [0.3, 0.4) is 0 Å². The third-order valence-electron chi connectivity index (χ3n) is 2.73. The minimum absolute atomic E-state index is 0.227. The Hall–Kier alpha value is -1.19. The first-order chi connectivity index (χ1) is 8.63. The van der Waals surface area contributed by atoms with Crippen molar-refractivity contribution < 1.29 is 9.53 Å². The second kappa shape index (κ2) is 5.63. The highest BCUT2D eigenvalue weighted by Crippen LogP contribution is 2.30. The van der Waals surface area contributed by atoms with Gasteiger partial charge in [0.15, 0.2) is 0 Å². The van der Waals surface area contributed by atoms with E-state index in [9.17, 15) is 4.79 Å². The van der Waals surface area contributed by atoms with Crippen molar-refractivity contribution in [1.82, 2.24) is 0 Å². The topological polar surface area (TPSA) is 26.3 Å². The van der Waals surface area contributed by atoms with Gasteiger partial charge in [0.1, 0.15) is 0 Å². The van der Waals surface area contributed by atoms with Crippen molar-refractivity contribution in [3.05, 3.63) is 40.9 Å². The van der Waals surface area contributed by atoms with Gasteiger partial charge in [0.25, 0.3) is 0 Å². The third-order valence-corrected chi connectivity index (χ3v) is 3.75. The first kappa shape index (κ1) is 13.2. The van der Waals surface area contributed by atoms with Crippen molar-refractivity contribution in [2.45, 2.75) is 11.3 Å². The van der Waals surface area contributed by atoms with Crippen molar-refractivity contribution in [3.8, 4) is 0 Å². The summed E-state index contributed by atoms with van der Waals surface area (Å²) < 4.78 is 4.69. The van der Waals surface area contributed by atoms with Crippen molar-refractivity contribution in [1.29, 1.82) is 0 Å². The van der Waals surface area contributed by atoms with Crippen LogP contribution in [-0.2, 0) is 16.0 Å². The molecule has 2 aromatic carbocycles. The molecule has 0 spiro atoms. The second-order valence-corrected chi connectivity index (χ2v) is 5.20. The summed E-state index contributed by atoms with van der Waals surface area (Å²) in [5, 5.41) is 2.92. The zero-order valence-electron chi connectivity index (χ0n) is 10.2. The van der Waals surface area contributed by atoms with E-state index in [4.69, 9.17) is 16.3 Å². The number of carbonyl (C=O) groups excluding carboxylic acids is 1. The molecule has 0 bridgehead atoms. The van der Waals surface area contributed by atoms with Crippen LogP contribution in [0.1, 0.15) is 5.56 Å². The van der Waals surface area contributed by atoms with Crippen LogP contribution in [0.5, 0.6) is 0 Å². The maximum atomic E-state index is 11.3. The Balaban J connectivity index is 2.52. The first-order valence-electron chi connectivity index (χ1n) is 5.47. The van der Waals surface area contributed by atoms with E-state index in [2.05, 4.69) is 0 Å². The lowest BCUT2D eigenvalue weighted by Gasteiger charge is -2.08. The van der Waals surface area contributed by atoms with E-state index in [0.29, 0.717) is 6.42 Å². The number of hydrogen-bond donors (Lipinski definition) is 0. The van der Waals surface area contributed by atoms with E-state index in [0.717, 1.165) is 26.3 Å². The molecule has 0 aromatic heterocycles. The molecule has 0 aliphatic rings. The summed E-state index contributed by atoms with van der Waals surface area (Å²) in [6, 6.07) is 9.79. The van der Waals surface area contributed by atoms with E-state index in [-0.39, 0.29) is 5.97 Å². The van der Waals surface area contributed by atoms with Gasteiger partial charge in [-0.15, -0.1) is 11.8 Å². The average Bonchev–Trinajstić information content (AvgIpc) is 2.38. The first-order valence-corrected chi connectivity index (χ1v) is 7.07. The molecule has 2 aromatic rings. The molecule has 0 saturated carbocycles. The number of methoxy groups -OCH3 is 1. The Labute approximate surface area is 115 Å².